The van der Waals surface area contributed by atoms with Crippen molar-refractivity contribution in [3.63, 3.8) is 0 Å². The average Bonchev–Trinajstić information content (AvgIpc) is 3.08. The van der Waals surface area contributed by atoms with E-state index in [1.165, 1.54) is 0 Å². The maximum atomic E-state index is 10.5. The number of carbonyl (C=O) groups is 1. The third-order valence-electron chi connectivity index (χ3n) is 3.17. The molecule has 1 N–H and O–H groups in total. The highest BCUT2D eigenvalue weighted by Gasteiger charge is 2.10. The Morgan fingerprint density at radius 3 is 2.95 bits per heavy atom. The molecule has 0 aromatic carbocycles. The van der Waals surface area contributed by atoms with Crippen LogP contribution in [0.5, 0.6) is 0 Å². The minimum absolute atomic E-state index is 0.110. The van der Waals surface area contributed by atoms with Crippen molar-refractivity contribution in [2.75, 3.05) is 7.05 Å². The summed E-state index contributed by atoms with van der Waals surface area (Å²) in [7, 11) is 1.98. The maximum Gasteiger partial charge on any atom is 0.303 e. The Balaban J connectivity index is 1.80. The van der Waals surface area contributed by atoms with Gasteiger partial charge in [0, 0.05) is 37.7 Å². The van der Waals surface area contributed by atoms with Crippen molar-refractivity contribution in [1.82, 2.24) is 24.8 Å². The van der Waals surface area contributed by atoms with Crippen LogP contribution in [0.2, 0.25) is 0 Å². The Morgan fingerprint density at radius 1 is 1.45 bits per heavy atom. The van der Waals surface area contributed by atoms with E-state index in [0.29, 0.717) is 31.1 Å². The normalized spacial score (nSPS) is 11.2. The van der Waals surface area contributed by atoms with E-state index < -0.39 is 5.97 Å². The first-order valence-electron chi connectivity index (χ1n) is 7.30. The molecule has 0 radical (unpaired) electrons. The zero-order chi connectivity index (χ0) is 15.9. The van der Waals surface area contributed by atoms with E-state index in [1.54, 1.807) is 0 Å². The summed E-state index contributed by atoms with van der Waals surface area (Å²) >= 11 is 0. The molecule has 0 amide bonds. The van der Waals surface area contributed by atoms with Crippen molar-refractivity contribution in [3.05, 3.63) is 29.7 Å². The third kappa shape index (κ3) is 4.96. The van der Waals surface area contributed by atoms with E-state index in [0.717, 1.165) is 18.7 Å². The Morgan fingerprint density at radius 2 is 2.27 bits per heavy atom. The van der Waals surface area contributed by atoms with Gasteiger partial charge in [0.25, 0.3) is 0 Å². The van der Waals surface area contributed by atoms with Gasteiger partial charge in [-0.3, -0.25) is 14.4 Å². The monoisotopic (exact) mass is 307 g/mol. The number of rotatable bonds is 9. The lowest BCUT2D eigenvalue weighted by molar-refractivity contribution is -0.137. The number of aryl methyl sites for hydroxylation is 2. The quantitative estimate of drug-likeness (QED) is 0.746. The highest BCUT2D eigenvalue weighted by molar-refractivity contribution is 5.66. The van der Waals surface area contributed by atoms with Crippen LogP contribution in [0.3, 0.4) is 0 Å². The first-order valence-corrected chi connectivity index (χ1v) is 7.30. The highest BCUT2D eigenvalue weighted by atomic mass is 16.5. The molecule has 2 aromatic heterocycles. The number of hydrogen-bond acceptors (Lipinski definition) is 6. The van der Waals surface area contributed by atoms with Gasteiger partial charge < -0.3 is 9.63 Å². The molecule has 0 atom stereocenters. The first-order chi connectivity index (χ1) is 10.6. The Labute approximate surface area is 128 Å². The van der Waals surface area contributed by atoms with Crippen LogP contribution in [0.1, 0.15) is 37.0 Å². The number of carboxylic acids is 1. The lowest BCUT2D eigenvalue weighted by atomic mass is 10.2. The molecule has 2 aromatic rings. The second kappa shape index (κ2) is 7.69. The predicted molar refractivity (Wildman–Crippen MR) is 77.9 cm³/mol. The van der Waals surface area contributed by atoms with Crippen molar-refractivity contribution in [2.24, 2.45) is 0 Å². The summed E-state index contributed by atoms with van der Waals surface area (Å²) in [5, 5.41) is 16.8. The number of aliphatic carboxylic acids is 1. The standard InChI is InChI=1S/C14H21N5O3/c1-3-19-9-11(7-15-19)8-18(2)10-12-16-13(22-17-12)5-4-6-14(20)21/h7,9H,3-6,8,10H2,1-2H3,(H,20,21). The molecule has 0 aliphatic rings. The van der Waals surface area contributed by atoms with Gasteiger partial charge in [0.05, 0.1) is 12.7 Å². The molecule has 0 bridgehead atoms. The van der Waals surface area contributed by atoms with Gasteiger partial charge in [-0.1, -0.05) is 5.16 Å². The minimum Gasteiger partial charge on any atom is -0.481 e. The van der Waals surface area contributed by atoms with Crippen molar-refractivity contribution in [1.29, 1.82) is 0 Å². The van der Waals surface area contributed by atoms with E-state index in [4.69, 9.17) is 9.63 Å². The van der Waals surface area contributed by atoms with Crippen LogP contribution in [0, 0.1) is 0 Å². The Hall–Kier alpha value is -2.22. The van der Waals surface area contributed by atoms with Crippen molar-refractivity contribution >= 4 is 5.97 Å². The Bertz CT molecular complexity index is 607. The zero-order valence-corrected chi connectivity index (χ0v) is 12.9. The molecule has 120 valence electrons. The summed E-state index contributed by atoms with van der Waals surface area (Å²) in [6.45, 7) is 4.22. The van der Waals surface area contributed by atoms with Crippen LogP contribution in [0.4, 0.5) is 0 Å². The third-order valence-corrected chi connectivity index (χ3v) is 3.17. The van der Waals surface area contributed by atoms with E-state index >= 15 is 0 Å². The van der Waals surface area contributed by atoms with Gasteiger partial charge in [-0.2, -0.15) is 10.1 Å². The van der Waals surface area contributed by atoms with Crippen LogP contribution in [0.15, 0.2) is 16.9 Å². The minimum atomic E-state index is -0.813. The van der Waals surface area contributed by atoms with Gasteiger partial charge in [-0.15, -0.1) is 0 Å². The molecule has 22 heavy (non-hydrogen) atoms. The van der Waals surface area contributed by atoms with Crippen molar-refractivity contribution in [3.8, 4) is 0 Å². The molecule has 8 heteroatoms. The molecule has 0 saturated heterocycles. The number of nitrogens with zero attached hydrogens (tertiary/aromatic N) is 5. The van der Waals surface area contributed by atoms with E-state index in [-0.39, 0.29) is 6.42 Å². The fraction of sp³-hybridized carbons (Fsp3) is 0.571. The van der Waals surface area contributed by atoms with Crippen molar-refractivity contribution < 1.29 is 14.4 Å². The van der Waals surface area contributed by atoms with Gasteiger partial charge >= 0.3 is 5.97 Å². The molecule has 2 rings (SSSR count). The van der Waals surface area contributed by atoms with Gasteiger partial charge in [0.1, 0.15) is 0 Å². The smallest absolute Gasteiger partial charge is 0.303 e. The molecular weight excluding hydrogens is 286 g/mol. The zero-order valence-electron chi connectivity index (χ0n) is 12.9. The molecule has 0 unspecified atom stereocenters. The van der Waals surface area contributed by atoms with Gasteiger partial charge in [-0.25, -0.2) is 0 Å². The number of carboxylic acid groups (broad SMARTS) is 1. The molecular formula is C14H21N5O3. The lowest BCUT2D eigenvalue weighted by Crippen LogP contribution is -2.17. The highest BCUT2D eigenvalue weighted by Crippen LogP contribution is 2.08. The summed E-state index contributed by atoms with van der Waals surface area (Å²) in [6, 6.07) is 0. The molecule has 0 fully saturated rings. The number of aromatic nitrogens is 4. The maximum absolute atomic E-state index is 10.5. The summed E-state index contributed by atoms with van der Waals surface area (Å²) in [6.07, 6.45) is 4.98. The van der Waals surface area contributed by atoms with Crippen LogP contribution in [0.25, 0.3) is 0 Å². The average molecular weight is 307 g/mol. The second-order valence-electron chi connectivity index (χ2n) is 5.23. The molecule has 0 spiro atoms. The van der Waals surface area contributed by atoms with Crippen LogP contribution >= 0.6 is 0 Å². The van der Waals surface area contributed by atoms with E-state index in [1.807, 2.05) is 31.0 Å². The van der Waals surface area contributed by atoms with Crippen LogP contribution in [-0.2, 0) is 30.8 Å². The van der Waals surface area contributed by atoms with Gasteiger partial charge in [0.15, 0.2) is 5.82 Å². The van der Waals surface area contributed by atoms with Crippen LogP contribution < -0.4 is 0 Å². The second-order valence-corrected chi connectivity index (χ2v) is 5.23. The summed E-state index contributed by atoms with van der Waals surface area (Å²) in [5.41, 5.74) is 1.13. The Kier molecular flexibility index (Phi) is 5.65. The van der Waals surface area contributed by atoms with E-state index in [9.17, 15) is 4.79 Å². The molecule has 8 nitrogen and oxygen atoms in total. The summed E-state index contributed by atoms with van der Waals surface area (Å²) in [5.74, 6) is 0.284. The molecule has 0 aliphatic heterocycles. The summed E-state index contributed by atoms with van der Waals surface area (Å²) < 4.78 is 7.01. The summed E-state index contributed by atoms with van der Waals surface area (Å²) in [4.78, 5) is 16.8. The fourth-order valence-corrected chi connectivity index (χ4v) is 2.12. The van der Waals surface area contributed by atoms with Crippen molar-refractivity contribution in [2.45, 2.75) is 45.8 Å². The predicted octanol–water partition coefficient (Wildman–Crippen LogP) is 1.33. The SMILES string of the molecule is CCn1cc(CN(C)Cc2noc(CCCC(=O)O)n2)cn1. The fourth-order valence-electron chi connectivity index (χ4n) is 2.12. The largest absolute Gasteiger partial charge is 0.481 e. The molecule has 2 heterocycles. The molecule has 0 saturated carbocycles. The topological polar surface area (TPSA) is 97.3 Å². The first kappa shape index (κ1) is 16.2. The van der Waals surface area contributed by atoms with E-state index in [2.05, 4.69) is 20.1 Å². The number of hydrogen-bond donors (Lipinski definition) is 1. The molecule has 0 aliphatic carbocycles. The van der Waals surface area contributed by atoms with Crippen LogP contribution in [-0.4, -0.2) is 42.9 Å². The lowest BCUT2D eigenvalue weighted by Gasteiger charge is -2.12. The van der Waals surface area contributed by atoms with Gasteiger partial charge in [-0.05, 0) is 20.4 Å². The van der Waals surface area contributed by atoms with Gasteiger partial charge in [0.2, 0.25) is 5.89 Å².